The Morgan fingerprint density at radius 2 is 2.00 bits per heavy atom. The van der Waals surface area contributed by atoms with Gasteiger partial charge in [0, 0.05) is 12.1 Å². The zero-order valence-electron chi connectivity index (χ0n) is 9.49. The standard InChI is InChI=1S/C12H16F3N/c1-3-4-7-12(14,15)16-10-6-5-9(2)11(13)8-10/h5-6,8,16H,3-4,7H2,1-2H3. The van der Waals surface area contributed by atoms with Gasteiger partial charge in [0.25, 0.3) is 0 Å². The fraction of sp³-hybridized carbons (Fsp3) is 0.500. The first-order valence-electron chi connectivity index (χ1n) is 5.37. The minimum absolute atomic E-state index is 0.115. The van der Waals surface area contributed by atoms with Gasteiger partial charge in [0.2, 0.25) is 0 Å². The van der Waals surface area contributed by atoms with Crippen LogP contribution in [0.3, 0.4) is 0 Å². The Hall–Kier alpha value is -1.19. The van der Waals surface area contributed by atoms with Crippen LogP contribution in [0, 0.1) is 12.7 Å². The third-order valence-corrected chi connectivity index (χ3v) is 2.34. The fourth-order valence-corrected chi connectivity index (χ4v) is 1.34. The first-order chi connectivity index (χ1) is 7.44. The van der Waals surface area contributed by atoms with Gasteiger partial charge in [-0.25, -0.2) is 4.39 Å². The van der Waals surface area contributed by atoms with E-state index in [1.807, 2.05) is 12.2 Å². The summed E-state index contributed by atoms with van der Waals surface area (Å²) >= 11 is 0. The summed E-state index contributed by atoms with van der Waals surface area (Å²) in [5.74, 6) is -0.476. The van der Waals surface area contributed by atoms with Gasteiger partial charge in [-0.3, -0.25) is 0 Å². The normalized spacial score (nSPS) is 11.6. The highest BCUT2D eigenvalue weighted by molar-refractivity contribution is 5.46. The van der Waals surface area contributed by atoms with Crippen LogP contribution in [0.2, 0.25) is 0 Å². The van der Waals surface area contributed by atoms with Crippen molar-refractivity contribution in [1.29, 1.82) is 0 Å². The molecule has 0 unspecified atom stereocenters. The molecule has 0 saturated heterocycles. The van der Waals surface area contributed by atoms with E-state index in [1.54, 1.807) is 6.92 Å². The molecule has 0 saturated carbocycles. The van der Waals surface area contributed by atoms with Crippen LogP contribution in [0.1, 0.15) is 31.7 Å². The minimum atomic E-state index is -2.97. The number of rotatable bonds is 5. The average molecular weight is 231 g/mol. The fourth-order valence-electron chi connectivity index (χ4n) is 1.34. The summed E-state index contributed by atoms with van der Waals surface area (Å²) in [4.78, 5) is 0. The number of unbranched alkanes of at least 4 members (excludes halogenated alkanes) is 1. The van der Waals surface area contributed by atoms with Crippen LogP contribution in [0.5, 0.6) is 0 Å². The third-order valence-electron chi connectivity index (χ3n) is 2.34. The van der Waals surface area contributed by atoms with Crippen molar-refractivity contribution in [2.75, 3.05) is 5.32 Å². The van der Waals surface area contributed by atoms with Crippen LogP contribution >= 0.6 is 0 Å². The highest BCUT2D eigenvalue weighted by atomic mass is 19.3. The lowest BCUT2D eigenvalue weighted by Gasteiger charge is -2.19. The Labute approximate surface area is 93.7 Å². The first kappa shape index (κ1) is 12.9. The predicted octanol–water partition coefficient (Wildman–Crippen LogP) is 4.33. The van der Waals surface area contributed by atoms with Crippen molar-refractivity contribution in [3.63, 3.8) is 0 Å². The van der Waals surface area contributed by atoms with E-state index in [1.165, 1.54) is 12.1 Å². The maximum Gasteiger partial charge on any atom is 0.323 e. The number of benzene rings is 1. The van der Waals surface area contributed by atoms with Gasteiger partial charge in [0.1, 0.15) is 5.82 Å². The van der Waals surface area contributed by atoms with E-state index in [4.69, 9.17) is 0 Å². The van der Waals surface area contributed by atoms with Crippen LogP contribution in [-0.2, 0) is 0 Å². The van der Waals surface area contributed by atoms with E-state index in [9.17, 15) is 13.2 Å². The van der Waals surface area contributed by atoms with Gasteiger partial charge in [-0.05, 0) is 31.0 Å². The number of nitrogens with one attached hydrogen (secondary N) is 1. The highest BCUT2D eigenvalue weighted by Gasteiger charge is 2.27. The third kappa shape index (κ3) is 3.76. The van der Waals surface area contributed by atoms with Crippen LogP contribution < -0.4 is 5.32 Å². The number of aryl methyl sites for hydroxylation is 1. The second-order valence-electron chi connectivity index (χ2n) is 3.90. The molecule has 16 heavy (non-hydrogen) atoms. The number of alkyl halides is 2. The van der Waals surface area contributed by atoms with E-state index in [0.717, 1.165) is 6.07 Å². The van der Waals surface area contributed by atoms with Gasteiger partial charge in [0.05, 0.1) is 0 Å². The van der Waals surface area contributed by atoms with Gasteiger partial charge in [-0.1, -0.05) is 19.4 Å². The summed E-state index contributed by atoms with van der Waals surface area (Å²) in [6, 6.07) is 1.05. The van der Waals surface area contributed by atoms with E-state index < -0.39 is 11.9 Å². The molecular weight excluding hydrogens is 215 g/mol. The van der Waals surface area contributed by atoms with Crippen molar-refractivity contribution in [2.45, 2.75) is 39.2 Å². The topological polar surface area (TPSA) is 12.0 Å². The maximum absolute atomic E-state index is 13.3. The van der Waals surface area contributed by atoms with E-state index in [-0.39, 0.29) is 12.1 Å². The SMILES string of the molecule is CCCCC(F)(F)Nc1ccc(C)c(F)c1. The van der Waals surface area contributed by atoms with Crippen molar-refractivity contribution in [1.82, 2.24) is 0 Å². The van der Waals surface area contributed by atoms with Crippen molar-refractivity contribution >= 4 is 5.69 Å². The summed E-state index contributed by atoms with van der Waals surface area (Å²) in [5, 5.41) is 2.05. The van der Waals surface area contributed by atoms with Crippen LogP contribution in [0.4, 0.5) is 18.9 Å². The molecule has 4 heteroatoms. The second kappa shape index (κ2) is 5.23. The molecule has 0 aromatic heterocycles. The molecule has 0 radical (unpaired) electrons. The molecule has 1 nitrogen and oxygen atoms in total. The Balaban J connectivity index is 2.68. The second-order valence-corrected chi connectivity index (χ2v) is 3.90. The Kier molecular flexibility index (Phi) is 4.21. The minimum Gasteiger partial charge on any atom is -0.327 e. The summed E-state index contributed by atoms with van der Waals surface area (Å²) in [6.45, 7) is 3.44. The smallest absolute Gasteiger partial charge is 0.323 e. The maximum atomic E-state index is 13.3. The van der Waals surface area contributed by atoms with E-state index in [0.29, 0.717) is 18.4 Å². The van der Waals surface area contributed by atoms with Gasteiger partial charge < -0.3 is 5.32 Å². The van der Waals surface area contributed by atoms with Gasteiger partial charge in [0.15, 0.2) is 0 Å². The van der Waals surface area contributed by atoms with Crippen LogP contribution in [0.25, 0.3) is 0 Å². The molecule has 0 aliphatic carbocycles. The van der Waals surface area contributed by atoms with Crippen LogP contribution in [-0.4, -0.2) is 6.05 Å². The summed E-state index contributed by atoms with van der Waals surface area (Å²) in [5.41, 5.74) is 0.562. The molecule has 0 aliphatic heterocycles. The zero-order chi connectivity index (χ0) is 12.2. The number of hydrogen-bond donors (Lipinski definition) is 1. The summed E-state index contributed by atoms with van der Waals surface area (Å²) < 4.78 is 39.7. The number of halogens is 3. The largest absolute Gasteiger partial charge is 0.327 e. The molecule has 0 fully saturated rings. The van der Waals surface area contributed by atoms with Crippen molar-refractivity contribution in [3.8, 4) is 0 Å². The molecule has 1 aromatic rings. The molecular formula is C12H16F3N. The quantitative estimate of drug-likeness (QED) is 0.744. The molecule has 0 bridgehead atoms. The molecule has 0 aliphatic rings. The van der Waals surface area contributed by atoms with Gasteiger partial charge in [-0.2, -0.15) is 8.78 Å². The summed E-state index contributed by atoms with van der Waals surface area (Å²) in [7, 11) is 0. The van der Waals surface area contributed by atoms with Gasteiger partial charge >= 0.3 is 6.05 Å². The molecule has 1 rings (SSSR count). The van der Waals surface area contributed by atoms with E-state index in [2.05, 4.69) is 0 Å². The average Bonchev–Trinajstić information content (AvgIpc) is 2.20. The van der Waals surface area contributed by atoms with Crippen molar-refractivity contribution in [2.24, 2.45) is 0 Å². The molecule has 0 heterocycles. The molecule has 0 spiro atoms. The first-order valence-corrected chi connectivity index (χ1v) is 5.37. The Morgan fingerprint density at radius 3 is 2.56 bits per heavy atom. The lowest BCUT2D eigenvalue weighted by Crippen LogP contribution is -2.27. The van der Waals surface area contributed by atoms with E-state index >= 15 is 0 Å². The lowest BCUT2D eigenvalue weighted by atomic mass is 10.2. The molecule has 90 valence electrons. The predicted molar refractivity (Wildman–Crippen MR) is 59.2 cm³/mol. The Morgan fingerprint density at radius 1 is 1.31 bits per heavy atom. The zero-order valence-corrected chi connectivity index (χ0v) is 9.49. The molecule has 1 N–H and O–H groups in total. The van der Waals surface area contributed by atoms with Crippen molar-refractivity contribution in [3.05, 3.63) is 29.6 Å². The van der Waals surface area contributed by atoms with Crippen LogP contribution in [0.15, 0.2) is 18.2 Å². The van der Waals surface area contributed by atoms with Crippen molar-refractivity contribution < 1.29 is 13.2 Å². The number of anilines is 1. The summed E-state index contributed by atoms with van der Waals surface area (Å²) in [6.07, 6.45) is 0.910. The molecule has 1 aromatic carbocycles. The number of hydrogen-bond acceptors (Lipinski definition) is 1. The Bertz CT molecular complexity index is 350. The molecule has 0 atom stereocenters. The molecule has 0 amide bonds. The highest BCUT2D eigenvalue weighted by Crippen LogP contribution is 2.25. The van der Waals surface area contributed by atoms with Gasteiger partial charge in [-0.15, -0.1) is 0 Å². The monoisotopic (exact) mass is 231 g/mol. The lowest BCUT2D eigenvalue weighted by molar-refractivity contribution is 0.0211.